The van der Waals surface area contributed by atoms with Gasteiger partial charge in [-0.25, -0.2) is 9.59 Å². The summed E-state index contributed by atoms with van der Waals surface area (Å²) in [5.41, 5.74) is -0.315. The highest BCUT2D eigenvalue weighted by Crippen LogP contribution is 2.36. The number of hydrogen-bond donors (Lipinski definition) is 2. The molecule has 0 radical (unpaired) electrons. The predicted octanol–water partition coefficient (Wildman–Crippen LogP) is 1.18. The molecule has 11 heteroatoms. The molecule has 1 saturated heterocycles. The lowest BCUT2D eigenvalue weighted by Gasteiger charge is -2.31. The Morgan fingerprint density at radius 1 is 1.46 bits per heavy atom. The second-order valence-electron chi connectivity index (χ2n) is 5.42. The van der Waals surface area contributed by atoms with Gasteiger partial charge in [0, 0.05) is 19.2 Å². The zero-order valence-electron chi connectivity index (χ0n) is 14.3. The van der Waals surface area contributed by atoms with Crippen molar-refractivity contribution in [1.29, 1.82) is 0 Å². The number of anilines is 1. The Bertz CT molecular complexity index is 708. The number of nitro benzene ring substituents is 1. The quantitative estimate of drug-likeness (QED) is 0.429. The topological polar surface area (TPSA) is 140 Å². The van der Waals surface area contributed by atoms with Crippen molar-refractivity contribution in [2.45, 2.75) is 6.10 Å². The maximum absolute atomic E-state index is 11.7. The van der Waals surface area contributed by atoms with E-state index in [0.717, 1.165) is 6.07 Å². The summed E-state index contributed by atoms with van der Waals surface area (Å²) in [4.78, 5) is 34.7. The highest BCUT2D eigenvalue weighted by molar-refractivity contribution is 5.92. The van der Waals surface area contributed by atoms with Gasteiger partial charge in [-0.3, -0.25) is 10.1 Å². The second-order valence-corrected chi connectivity index (χ2v) is 5.42. The second kappa shape index (κ2) is 8.34. The van der Waals surface area contributed by atoms with E-state index in [4.69, 9.17) is 14.6 Å². The fourth-order valence-corrected chi connectivity index (χ4v) is 2.55. The number of carbonyl (C=O) groups is 2. The van der Waals surface area contributed by atoms with Crippen LogP contribution in [0.2, 0.25) is 0 Å². The molecule has 0 aliphatic carbocycles. The van der Waals surface area contributed by atoms with Crippen LogP contribution in [-0.4, -0.2) is 73.6 Å². The zero-order chi connectivity index (χ0) is 19.3. The first kappa shape index (κ1) is 19.2. The van der Waals surface area contributed by atoms with Crippen LogP contribution in [0.1, 0.15) is 10.4 Å². The molecule has 1 aromatic rings. The summed E-state index contributed by atoms with van der Waals surface area (Å²) in [6.45, 7) is 0.763. The van der Waals surface area contributed by atoms with Crippen molar-refractivity contribution in [2.24, 2.45) is 0 Å². The van der Waals surface area contributed by atoms with Crippen LogP contribution >= 0.6 is 0 Å². The highest BCUT2D eigenvalue weighted by atomic mass is 16.6. The monoisotopic (exact) mass is 369 g/mol. The highest BCUT2D eigenvalue weighted by Gasteiger charge is 2.27. The van der Waals surface area contributed by atoms with Crippen molar-refractivity contribution >= 4 is 23.4 Å². The number of amides is 1. The minimum Gasteiger partial charge on any atom is -0.494 e. The molecule has 1 amide bonds. The maximum atomic E-state index is 11.7. The Balaban J connectivity index is 2.23. The lowest BCUT2D eigenvalue weighted by molar-refractivity contribution is -0.384. The lowest BCUT2D eigenvalue weighted by Crippen LogP contribution is -2.47. The Morgan fingerprint density at radius 2 is 2.19 bits per heavy atom. The van der Waals surface area contributed by atoms with Gasteiger partial charge in [0.15, 0.2) is 5.69 Å². The van der Waals surface area contributed by atoms with Gasteiger partial charge in [0.1, 0.15) is 5.75 Å². The molecule has 1 unspecified atom stereocenters. The molecule has 2 rings (SSSR count). The van der Waals surface area contributed by atoms with Gasteiger partial charge < -0.3 is 29.5 Å². The van der Waals surface area contributed by atoms with Crippen molar-refractivity contribution in [3.8, 4) is 5.75 Å². The van der Waals surface area contributed by atoms with Crippen LogP contribution < -0.4 is 10.1 Å². The molecule has 0 bridgehead atoms. The van der Waals surface area contributed by atoms with Gasteiger partial charge in [-0.2, -0.15) is 0 Å². The third kappa shape index (κ3) is 4.30. The number of methoxy groups -OCH3 is 2. The number of nitro groups is 1. The summed E-state index contributed by atoms with van der Waals surface area (Å²) < 4.78 is 15.2. The Labute approximate surface area is 148 Å². The zero-order valence-corrected chi connectivity index (χ0v) is 14.3. The minimum absolute atomic E-state index is 0.0208. The fraction of sp³-hybridized carbons (Fsp3) is 0.467. The number of ether oxygens (including phenoxy) is 3. The first-order chi connectivity index (χ1) is 12.4. The molecule has 0 spiro atoms. The standard InChI is InChI=1S/C15H19N3O8/c1-24-12-6-9(14(19)25-2)5-11(18(22)23)13(12)16-7-10-8-17(15(20)21)3-4-26-10/h5-6,10,16H,3-4,7-8H2,1-2H3,(H,20,21). The van der Waals surface area contributed by atoms with Gasteiger partial charge in [-0.05, 0) is 6.07 Å². The van der Waals surface area contributed by atoms with Crippen LogP contribution in [0.5, 0.6) is 5.75 Å². The van der Waals surface area contributed by atoms with E-state index in [9.17, 15) is 19.7 Å². The van der Waals surface area contributed by atoms with E-state index in [0.29, 0.717) is 0 Å². The average Bonchev–Trinajstić information content (AvgIpc) is 2.64. The van der Waals surface area contributed by atoms with Gasteiger partial charge in [-0.1, -0.05) is 0 Å². The molecule has 26 heavy (non-hydrogen) atoms. The molecule has 1 aliphatic heterocycles. The van der Waals surface area contributed by atoms with E-state index in [2.05, 4.69) is 10.1 Å². The fourth-order valence-electron chi connectivity index (χ4n) is 2.55. The number of morpholine rings is 1. The van der Waals surface area contributed by atoms with E-state index in [1.54, 1.807) is 0 Å². The minimum atomic E-state index is -1.05. The van der Waals surface area contributed by atoms with Crippen LogP contribution in [-0.2, 0) is 9.47 Å². The maximum Gasteiger partial charge on any atom is 0.407 e. The molecule has 1 heterocycles. The molecule has 0 saturated carbocycles. The SMILES string of the molecule is COC(=O)c1cc(OC)c(NCC2CN(C(=O)O)CCO2)c([N+](=O)[O-])c1. The van der Waals surface area contributed by atoms with Crippen molar-refractivity contribution in [3.63, 3.8) is 0 Å². The van der Waals surface area contributed by atoms with Crippen molar-refractivity contribution in [3.05, 3.63) is 27.8 Å². The molecule has 2 N–H and O–H groups in total. The molecule has 1 atom stereocenters. The van der Waals surface area contributed by atoms with Crippen LogP contribution in [0.25, 0.3) is 0 Å². The summed E-state index contributed by atoms with van der Waals surface area (Å²) in [6.07, 6.45) is -1.53. The number of benzene rings is 1. The summed E-state index contributed by atoms with van der Waals surface area (Å²) in [7, 11) is 2.48. The number of esters is 1. The lowest BCUT2D eigenvalue weighted by atomic mass is 10.1. The van der Waals surface area contributed by atoms with E-state index < -0.39 is 23.1 Å². The van der Waals surface area contributed by atoms with E-state index >= 15 is 0 Å². The third-order valence-corrected chi connectivity index (χ3v) is 3.83. The summed E-state index contributed by atoms with van der Waals surface area (Å²) in [5, 5.41) is 23.3. The van der Waals surface area contributed by atoms with E-state index in [-0.39, 0.29) is 48.9 Å². The predicted molar refractivity (Wildman–Crippen MR) is 88.8 cm³/mol. The van der Waals surface area contributed by atoms with Gasteiger partial charge in [0.25, 0.3) is 5.69 Å². The number of nitrogens with one attached hydrogen (secondary N) is 1. The Kier molecular flexibility index (Phi) is 6.17. The van der Waals surface area contributed by atoms with Crippen LogP contribution in [0.3, 0.4) is 0 Å². The average molecular weight is 369 g/mol. The normalized spacial score (nSPS) is 16.7. The van der Waals surface area contributed by atoms with Gasteiger partial charge in [-0.15, -0.1) is 0 Å². The van der Waals surface area contributed by atoms with Gasteiger partial charge in [0.2, 0.25) is 0 Å². The van der Waals surface area contributed by atoms with Crippen LogP contribution in [0.4, 0.5) is 16.2 Å². The summed E-state index contributed by atoms with van der Waals surface area (Å²) in [6, 6.07) is 2.41. The molecular formula is C15H19N3O8. The number of carbonyl (C=O) groups excluding carboxylic acids is 1. The number of carboxylic acid groups (broad SMARTS) is 1. The Morgan fingerprint density at radius 3 is 2.77 bits per heavy atom. The third-order valence-electron chi connectivity index (χ3n) is 3.83. The first-order valence-electron chi connectivity index (χ1n) is 7.65. The van der Waals surface area contributed by atoms with Crippen LogP contribution in [0.15, 0.2) is 12.1 Å². The van der Waals surface area contributed by atoms with Gasteiger partial charge >= 0.3 is 12.1 Å². The molecule has 0 aromatic heterocycles. The van der Waals surface area contributed by atoms with E-state index in [1.807, 2.05) is 0 Å². The number of rotatable bonds is 6. The smallest absolute Gasteiger partial charge is 0.407 e. The molecular weight excluding hydrogens is 350 g/mol. The summed E-state index contributed by atoms with van der Waals surface area (Å²) >= 11 is 0. The number of nitrogens with zero attached hydrogens (tertiary/aromatic N) is 2. The Hall–Kier alpha value is -3.08. The molecule has 1 fully saturated rings. The van der Waals surface area contributed by atoms with Crippen molar-refractivity contribution in [1.82, 2.24) is 4.90 Å². The van der Waals surface area contributed by atoms with Crippen LogP contribution in [0, 0.1) is 10.1 Å². The number of hydrogen-bond acceptors (Lipinski definition) is 8. The van der Waals surface area contributed by atoms with Gasteiger partial charge in [0.05, 0.1) is 44.0 Å². The molecule has 1 aliphatic rings. The summed E-state index contributed by atoms with van der Waals surface area (Å²) in [5.74, 6) is -0.642. The molecule has 1 aromatic carbocycles. The first-order valence-corrected chi connectivity index (χ1v) is 7.65. The molecule has 11 nitrogen and oxygen atoms in total. The van der Waals surface area contributed by atoms with Crippen molar-refractivity contribution < 1.29 is 33.8 Å². The van der Waals surface area contributed by atoms with Crippen molar-refractivity contribution in [2.75, 3.05) is 45.8 Å². The molecule has 142 valence electrons. The largest absolute Gasteiger partial charge is 0.494 e. The van der Waals surface area contributed by atoms with E-state index in [1.165, 1.54) is 25.2 Å².